The van der Waals surface area contributed by atoms with Crippen LogP contribution in [0.15, 0.2) is 0 Å². The van der Waals surface area contributed by atoms with E-state index in [4.69, 9.17) is 5.73 Å². The van der Waals surface area contributed by atoms with Crippen LogP contribution in [0.25, 0.3) is 0 Å². The summed E-state index contributed by atoms with van der Waals surface area (Å²) in [6, 6.07) is 0.455. The van der Waals surface area contributed by atoms with Crippen LogP contribution in [0.5, 0.6) is 0 Å². The van der Waals surface area contributed by atoms with E-state index in [0.717, 1.165) is 5.92 Å². The average molecular weight is 296 g/mol. The smallest absolute Gasteiger partial charge is 0.00982 e. The van der Waals surface area contributed by atoms with Gasteiger partial charge in [0.05, 0.1) is 0 Å². The lowest BCUT2D eigenvalue weighted by atomic mass is 9.58. The minimum atomic E-state index is 0.455. The van der Waals surface area contributed by atoms with Crippen LogP contribution in [0.2, 0.25) is 0 Å². The molecule has 0 bridgehead atoms. The van der Waals surface area contributed by atoms with Crippen molar-refractivity contribution in [3.8, 4) is 0 Å². The van der Waals surface area contributed by atoms with Crippen molar-refractivity contribution in [2.24, 2.45) is 17.1 Å². The summed E-state index contributed by atoms with van der Waals surface area (Å²) in [7, 11) is 0. The van der Waals surface area contributed by atoms with E-state index in [-0.39, 0.29) is 0 Å². The summed E-state index contributed by atoms with van der Waals surface area (Å²) in [5.41, 5.74) is 7.28. The van der Waals surface area contributed by atoms with Crippen molar-refractivity contribution in [2.45, 2.75) is 117 Å². The first-order valence-corrected chi connectivity index (χ1v) is 9.96. The molecule has 2 N–H and O–H groups in total. The monoisotopic (exact) mass is 295 g/mol. The Morgan fingerprint density at radius 1 is 0.952 bits per heavy atom. The van der Waals surface area contributed by atoms with E-state index in [9.17, 15) is 0 Å². The van der Waals surface area contributed by atoms with E-state index in [2.05, 4.69) is 20.8 Å². The van der Waals surface area contributed by atoms with E-state index in [1.165, 1.54) is 89.9 Å². The van der Waals surface area contributed by atoms with Gasteiger partial charge in [-0.3, -0.25) is 0 Å². The van der Waals surface area contributed by atoms with Gasteiger partial charge < -0.3 is 5.73 Å². The fraction of sp³-hybridized carbons (Fsp3) is 1.00. The number of rotatable bonds is 11. The number of hydrogen-bond acceptors (Lipinski definition) is 1. The topological polar surface area (TPSA) is 26.0 Å². The molecule has 126 valence electrons. The molecule has 0 heterocycles. The third-order valence-corrected chi connectivity index (χ3v) is 5.97. The molecule has 1 aliphatic rings. The molecular formula is C20H41N. The minimum absolute atomic E-state index is 0.455. The lowest BCUT2D eigenvalue weighted by Crippen LogP contribution is -2.48. The zero-order valence-electron chi connectivity index (χ0n) is 15.1. The van der Waals surface area contributed by atoms with Crippen molar-refractivity contribution in [1.82, 2.24) is 0 Å². The van der Waals surface area contributed by atoms with Crippen LogP contribution < -0.4 is 5.73 Å². The first-order chi connectivity index (χ1) is 10.2. The Kier molecular flexibility index (Phi) is 9.64. The molecule has 1 aliphatic carbocycles. The second-order valence-corrected chi connectivity index (χ2v) is 7.52. The zero-order valence-corrected chi connectivity index (χ0v) is 15.1. The summed E-state index contributed by atoms with van der Waals surface area (Å²) in [5, 5.41) is 0. The third kappa shape index (κ3) is 5.58. The van der Waals surface area contributed by atoms with Crippen molar-refractivity contribution in [3.05, 3.63) is 0 Å². The number of hydrogen-bond donors (Lipinski definition) is 1. The van der Waals surface area contributed by atoms with Gasteiger partial charge in [-0.05, 0) is 37.0 Å². The van der Waals surface area contributed by atoms with Crippen molar-refractivity contribution in [3.63, 3.8) is 0 Å². The molecule has 0 amide bonds. The van der Waals surface area contributed by atoms with Gasteiger partial charge in [-0.1, -0.05) is 85.0 Å². The molecule has 1 saturated carbocycles. The van der Waals surface area contributed by atoms with E-state index in [0.29, 0.717) is 11.5 Å². The van der Waals surface area contributed by atoms with Gasteiger partial charge in [0.1, 0.15) is 0 Å². The normalized spacial score (nSPS) is 27.7. The van der Waals surface area contributed by atoms with Crippen LogP contribution in [-0.4, -0.2) is 6.04 Å². The standard InChI is InChI=1S/C20H41N/c1-4-7-8-9-10-15-19(21)20(16-6-3)17-12-11-14-18(20)13-5-2/h18-19H,4-17,21H2,1-3H3. The second-order valence-electron chi connectivity index (χ2n) is 7.52. The van der Waals surface area contributed by atoms with E-state index in [1.807, 2.05) is 0 Å². The summed E-state index contributed by atoms with van der Waals surface area (Å²) >= 11 is 0. The van der Waals surface area contributed by atoms with Crippen molar-refractivity contribution >= 4 is 0 Å². The maximum Gasteiger partial charge on any atom is 0.00982 e. The first kappa shape index (κ1) is 19.0. The van der Waals surface area contributed by atoms with Gasteiger partial charge in [0, 0.05) is 6.04 Å². The lowest BCUT2D eigenvalue weighted by Gasteiger charge is -2.49. The largest absolute Gasteiger partial charge is 0.327 e. The maximum atomic E-state index is 6.80. The van der Waals surface area contributed by atoms with E-state index >= 15 is 0 Å². The molecule has 0 spiro atoms. The van der Waals surface area contributed by atoms with Gasteiger partial charge in [-0.25, -0.2) is 0 Å². The van der Waals surface area contributed by atoms with E-state index in [1.54, 1.807) is 0 Å². The number of unbranched alkanes of at least 4 members (excludes halogenated alkanes) is 4. The zero-order chi connectivity index (χ0) is 15.6. The van der Waals surface area contributed by atoms with Gasteiger partial charge >= 0.3 is 0 Å². The van der Waals surface area contributed by atoms with Crippen LogP contribution in [0.1, 0.15) is 111 Å². The predicted octanol–water partition coefficient (Wildman–Crippen LogP) is 6.45. The molecule has 1 heteroatoms. The average Bonchev–Trinajstić information content (AvgIpc) is 2.49. The SMILES string of the molecule is CCCCCCCC(N)C1(CCC)CCCCC1CCC. The molecular weight excluding hydrogens is 254 g/mol. The van der Waals surface area contributed by atoms with Crippen LogP contribution in [-0.2, 0) is 0 Å². The molecule has 0 radical (unpaired) electrons. The highest BCUT2D eigenvalue weighted by molar-refractivity contribution is 4.96. The van der Waals surface area contributed by atoms with Gasteiger partial charge in [0.25, 0.3) is 0 Å². The Hall–Kier alpha value is -0.0400. The van der Waals surface area contributed by atoms with Crippen molar-refractivity contribution < 1.29 is 0 Å². The summed E-state index contributed by atoms with van der Waals surface area (Å²) in [4.78, 5) is 0. The number of nitrogens with two attached hydrogens (primary N) is 1. The molecule has 0 aliphatic heterocycles. The fourth-order valence-electron chi connectivity index (χ4n) is 4.84. The molecule has 1 rings (SSSR count). The Bertz CT molecular complexity index is 244. The summed E-state index contributed by atoms with van der Waals surface area (Å²) in [6.45, 7) is 6.99. The summed E-state index contributed by atoms with van der Waals surface area (Å²) in [6.07, 6.45) is 19.3. The predicted molar refractivity (Wildman–Crippen MR) is 95.6 cm³/mol. The Labute approximate surface area is 134 Å². The highest BCUT2D eigenvalue weighted by Crippen LogP contribution is 2.49. The van der Waals surface area contributed by atoms with Crippen LogP contribution >= 0.6 is 0 Å². The Morgan fingerprint density at radius 2 is 1.71 bits per heavy atom. The van der Waals surface area contributed by atoms with Crippen molar-refractivity contribution in [2.75, 3.05) is 0 Å². The van der Waals surface area contributed by atoms with Crippen LogP contribution in [0.4, 0.5) is 0 Å². The quantitative estimate of drug-likeness (QED) is 0.435. The highest BCUT2D eigenvalue weighted by Gasteiger charge is 2.43. The molecule has 3 unspecified atom stereocenters. The second kappa shape index (κ2) is 10.6. The lowest BCUT2D eigenvalue weighted by molar-refractivity contribution is 0.0399. The minimum Gasteiger partial charge on any atom is -0.327 e. The van der Waals surface area contributed by atoms with Gasteiger partial charge in [0.2, 0.25) is 0 Å². The third-order valence-electron chi connectivity index (χ3n) is 5.97. The highest BCUT2D eigenvalue weighted by atomic mass is 14.7. The molecule has 0 aromatic heterocycles. The first-order valence-electron chi connectivity index (χ1n) is 9.96. The molecule has 1 fully saturated rings. The van der Waals surface area contributed by atoms with Crippen LogP contribution in [0.3, 0.4) is 0 Å². The van der Waals surface area contributed by atoms with Crippen molar-refractivity contribution in [1.29, 1.82) is 0 Å². The maximum absolute atomic E-state index is 6.80. The molecule has 1 nitrogen and oxygen atoms in total. The fourth-order valence-corrected chi connectivity index (χ4v) is 4.84. The molecule has 3 atom stereocenters. The summed E-state index contributed by atoms with van der Waals surface area (Å²) in [5.74, 6) is 0.904. The Balaban J connectivity index is 2.58. The van der Waals surface area contributed by atoms with Crippen LogP contribution in [0, 0.1) is 11.3 Å². The molecule has 0 saturated heterocycles. The summed E-state index contributed by atoms with van der Waals surface area (Å²) < 4.78 is 0. The Morgan fingerprint density at radius 3 is 2.38 bits per heavy atom. The van der Waals surface area contributed by atoms with Gasteiger partial charge in [0.15, 0.2) is 0 Å². The molecule has 0 aromatic rings. The van der Waals surface area contributed by atoms with Gasteiger partial charge in [-0.15, -0.1) is 0 Å². The van der Waals surface area contributed by atoms with E-state index < -0.39 is 0 Å². The molecule has 0 aromatic carbocycles. The van der Waals surface area contributed by atoms with Gasteiger partial charge in [-0.2, -0.15) is 0 Å². The molecule has 21 heavy (non-hydrogen) atoms.